The Morgan fingerprint density at radius 3 is 2.80 bits per heavy atom. The Balaban J connectivity index is 1.65. The van der Waals surface area contributed by atoms with Crippen molar-refractivity contribution in [3.8, 4) is 5.75 Å². The Morgan fingerprint density at radius 1 is 1.30 bits per heavy atom. The smallest absolute Gasteiger partial charge is 0.226 e. The maximum Gasteiger partial charge on any atom is 0.226 e. The summed E-state index contributed by atoms with van der Waals surface area (Å²) in [5.41, 5.74) is 0. The first kappa shape index (κ1) is 14.5. The molecule has 2 rings (SSSR count). The third-order valence-electron chi connectivity index (χ3n) is 2.58. The Morgan fingerprint density at radius 2 is 2.10 bits per heavy atom. The van der Waals surface area contributed by atoms with Gasteiger partial charge in [-0.25, -0.2) is 0 Å². The summed E-state index contributed by atoms with van der Waals surface area (Å²) in [6.07, 6.45) is 1.91. The van der Waals surface area contributed by atoms with Crippen molar-refractivity contribution in [1.82, 2.24) is 10.2 Å². The minimum absolute atomic E-state index is 0.0551. The summed E-state index contributed by atoms with van der Waals surface area (Å²) in [5, 5.41) is 12.1. The average Bonchev–Trinajstić information content (AvgIpc) is 2.92. The molecule has 0 atom stereocenters. The number of amides is 1. The van der Waals surface area contributed by atoms with Gasteiger partial charge in [-0.05, 0) is 25.0 Å². The number of para-hydroxylation sites is 1. The summed E-state index contributed by atoms with van der Waals surface area (Å²) in [4.78, 5) is 11.7. The maximum absolute atomic E-state index is 11.7. The van der Waals surface area contributed by atoms with Crippen LogP contribution in [0, 0.1) is 0 Å². The molecule has 0 aliphatic rings. The van der Waals surface area contributed by atoms with E-state index in [-0.39, 0.29) is 5.91 Å². The molecular weight excluding hydrogens is 274 g/mol. The minimum Gasteiger partial charge on any atom is -0.494 e. The fraction of sp³-hybridized carbons (Fsp3) is 0.357. The third-order valence-corrected chi connectivity index (χ3v) is 3.56. The molecule has 5 nitrogen and oxygen atoms in total. The lowest BCUT2D eigenvalue weighted by Crippen LogP contribution is -2.12. The molecule has 1 amide bonds. The first-order chi connectivity index (χ1) is 9.78. The lowest BCUT2D eigenvalue weighted by molar-refractivity contribution is -0.116. The van der Waals surface area contributed by atoms with Crippen LogP contribution in [0.5, 0.6) is 5.75 Å². The number of aryl methyl sites for hydroxylation is 1. The number of aromatic nitrogens is 2. The highest BCUT2D eigenvalue weighted by molar-refractivity contribution is 7.15. The van der Waals surface area contributed by atoms with Crippen LogP contribution in [0.4, 0.5) is 5.13 Å². The van der Waals surface area contributed by atoms with Crippen molar-refractivity contribution in [2.75, 3.05) is 11.9 Å². The zero-order valence-electron chi connectivity index (χ0n) is 11.3. The highest BCUT2D eigenvalue weighted by Gasteiger charge is 2.07. The quantitative estimate of drug-likeness (QED) is 0.797. The molecular formula is C14H17N3O2S. The lowest BCUT2D eigenvalue weighted by Gasteiger charge is -2.05. The van der Waals surface area contributed by atoms with Crippen molar-refractivity contribution in [2.45, 2.75) is 26.2 Å². The van der Waals surface area contributed by atoms with Crippen LogP contribution in [0.15, 0.2) is 30.3 Å². The van der Waals surface area contributed by atoms with Gasteiger partial charge >= 0.3 is 0 Å². The molecule has 2 aromatic rings. The average molecular weight is 291 g/mol. The fourth-order valence-electron chi connectivity index (χ4n) is 1.57. The molecule has 1 heterocycles. The van der Waals surface area contributed by atoms with Gasteiger partial charge in [-0.3, -0.25) is 4.79 Å². The van der Waals surface area contributed by atoms with Crippen LogP contribution in [-0.2, 0) is 11.2 Å². The van der Waals surface area contributed by atoms with E-state index in [1.54, 1.807) is 0 Å². The molecule has 0 saturated heterocycles. The van der Waals surface area contributed by atoms with Gasteiger partial charge in [0.1, 0.15) is 10.8 Å². The predicted molar refractivity (Wildman–Crippen MR) is 79.1 cm³/mol. The van der Waals surface area contributed by atoms with Crippen LogP contribution in [0.1, 0.15) is 24.8 Å². The molecule has 0 aliphatic carbocycles. The van der Waals surface area contributed by atoms with Crippen molar-refractivity contribution < 1.29 is 9.53 Å². The number of hydrogen-bond acceptors (Lipinski definition) is 5. The number of nitrogens with zero attached hydrogens (tertiary/aromatic N) is 2. The van der Waals surface area contributed by atoms with Crippen LogP contribution in [0.25, 0.3) is 0 Å². The topological polar surface area (TPSA) is 64.1 Å². The van der Waals surface area contributed by atoms with E-state index in [1.807, 2.05) is 37.3 Å². The molecule has 0 aliphatic heterocycles. The van der Waals surface area contributed by atoms with Crippen LogP contribution in [0.2, 0.25) is 0 Å². The second-order valence-electron chi connectivity index (χ2n) is 4.17. The summed E-state index contributed by atoms with van der Waals surface area (Å²) in [6.45, 7) is 2.53. The molecule has 1 N–H and O–H groups in total. The largest absolute Gasteiger partial charge is 0.494 e. The van der Waals surface area contributed by atoms with Crippen molar-refractivity contribution in [3.05, 3.63) is 35.3 Å². The number of hydrogen-bond donors (Lipinski definition) is 1. The summed E-state index contributed by atoms with van der Waals surface area (Å²) in [5.74, 6) is 0.769. The van der Waals surface area contributed by atoms with E-state index in [0.29, 0.717) is 24.6 Å². The Hall–Kier alpha value is -1.95. The molecule has 0 bridgehead atoms. The van der Waals surface area contributed by atoms with Gasteiger partial charge in [-0.2, -0.15) is 0 Å². The molecule has 1 aromatic heterocycles. The molecule has 1 aromatic carbocycles. The van der Waals surface area contributed by atoms with Crippen molar-refractivity contribution in [3.63, 3.8) is 0 Å². The predicted octanol–water partition coefficient (Wildman–Crippen LogP) is 2.90. The minimum atomic E-state index is -0.0551. The van der Waals surface area contributed by atoms with Gasteiger partial charge in [0.25, 0.3) is 0 Å². The second-order valence-corrected chi connectivity index (χ2v) is 5.23. The number of carbonyl (C=O) groups is 1. The van der Waals surface area contributed by atoms with Gasteiger partial charge < -0.3 is 10.1 Å². The van der Waals surface area contributed by atoms with Crippen LogP contribution in [0.3, 0.4) is 0 Å². The van der Waals surface area contributed by atoms with Gasteiger partial charge in [0, 0.05) is 6.42 Å². The maximum atomic E-state index is 11.7. The summed E-state index contributed by atoms with van der Waals surface area (Å²) in [7, 11) is 0. The number of ether oxygens (including phenoxy) is 1. The van der Waals surface area contributed by atoms with Crippen LogP contribution in [-0.4, -0.2) is 22.7 Å². The Bertz CT molecular complexity index is 542. The highest BCUT2D eigenvalue weighted by Crippen LogP contribution is 2.15. The molecule has 0 fully saturated rings. The summed E-state index contributed by atoms with van der Waals surface area (Å²) in [6, 6.07) is 9.57. The Labute approximate surface area is 122 Å². The molecule has 0 radical (unpaired) electrons. The van der Waals surface area contributed by atoms with Gasteiger partial charge in [-0.15, -0.1) is 10.2 Å². The lowest BCUT2D eigenvalue weighted by atomic mass is 10.3. The van der Waals surface area contributed by atoms with Gasteiger partial charge in [0.2, 0.25) is 11.0 Å². The number of nitrogens with one attached hydrogen (secondary N) is 1. The SMILES string of the molecule is CCc1nnc(NC(=O)CCCOc2ccccc2)s1. The van der Waals surface area contributed by atoms with E-state index in [4.69, 9.17) is 4.74 Å². The Kier molecular flexibility index (Phi) is 5.49. The van der Waals surface area contributed by atoms with E-state index < -0.39 is 0 Å². The third kappa shape index (κ3) is 4.62. The summed E-state index contributed by atoms with van der Waals surface area (Å²) >= 11 is 1.41. The summed E-state index contributed by atoms with van der Waals surface area (Å²) < 4.78 is 5.52. The van der Waals surface area contributed by atoms with Crippen molar-refractivity contribution >= 4 is 22.4 Å². The molecule has 6 heteroatoms. The monoisotopic (exact) mass is 291 g/mol. The molecule has 106 valence electrons. The standard InChI is InChI=1S/C14H17N3O2S/c1-2-13-16-17-14(20-13)15-12(18)9-6-10-19-11-7-4-3-5-8-11/h3-5,7-8H,2,6,9-10H2,1H3,(H,15,17,18). The first-order valence-corrected chi connectivity index (χ1v) is 7.39. The number of carbonyl (C=O) groups excluding carboxylic acids is 1. The van der Waals surface area contributed by atoms with Crippen LogP contribution < -0.4 is 10.1 Å². The second kappa shape index (κ2) is 7.59. The molecule has 0 spiro atoms. The van der Waals surface area contributed by atoms with Gasteiger partial charge in [0.15, 0.2) is 0 Å². The zero-order chi connectivity index (χ0) is 14.2. The normalized spacial score (nSPS) is 10.2. The number of rotatable bonds is 7. The van der Waals surface area contributed by atoms with Gasteiger partial charge in [0.05, 0.1) is 6.61 Å². The van der Waals surface area contributed by atoms with E-state index >= 15 is 0 Å². The van der Waals surface area contributed by atoms with Crippen molar-refractivity contribution in [1.29, 1.82) is 0 Å². The first-order valence-electron chi connectivity index (χ1n) is 6.58. The molecule has 0 unspecified atom stereocenters. The molecule has 0 saturated carbocycles. The number of benzene rings is 1. The fourth-order valence-corrected chi connectivity index (χ4v) is 2.26. The van der Waals surface area contributed by atoms with E-state index in [2.05, 4.69) is 15.5 Å². The van der Waals surface area contributed by atoms with Crippen LogP contribution >= 0.6 is 11.3 Å². The van der Waals surface area contributed by atoms with E-state index in [0.717, 1.165) is 17.2 Å². The zero-order valence-corrected chi connectivity index (χ0v) is 12.2. The molecule has 20 heavy (non-hydrogen) atoms. The van der Waals surface area contributed by atoms with E-state index in [9.17, 15) is 4.79 Å². The van der Waals surface area contributed by atoms with Crippen molar-refractivity contribution in [2.24, 2.45) is 0 Å². The van der Waals surface area contributed by atoms with E-state index in [1.165, 1.54) is 11.3 Å². The van der Waals surface area contributed by atoms with Gasteiger partial charge in [-0.1, -0.05) is 36.5 Å². The number of anilines is 1. The highest BCUT2D eigenvalue weighted by atomic mass is 32.1.